The van der Waals surface area contributed by atoms with Crippen molar-refractivity contribution in [2.45, 2.75) is 6.42 Å². The van der Waals surface area contributed by atoms with E-state index in [-0.39, 0.29) is 0 Å². The zero-order valence-corrected chi connectivity index (χ0v) is 8.12. The highest BCUT2D eigenvalue weighted by atomic mass is 16.5. The van der Waals surface area contributed by atoms with Crippen LogP contribution >= 0.6 is 0 Å². The molecule has 0 saturated heterocycles. The number of benzene rings is 1. The lowest BCUT2D eigenvalue weighted by Crippen LogP contribution is -2.09. The van der Waals surface area contributed by atoms with Crippen molar-refractivity contribution in [1.82, 2.24) is 0 Å². The van der Waals surface area contributed by atoms with Crippen molar-refractivity contribution in [3.63, 3.8) is 0 Å². The van der Waals surface area contributed by atoms with Gasteiger partial charge in [0, 0.05) is 5.69 Å². The number of hydrogen-bond donors (Lipinski definition) is 1. The van der Waals surface area contributed by atoms with Crippen molar-refractivity contribution in [3.05, 3.63) is 42.0 Å². The molecule has 3 heteroatoms. The second-order valence-electron chi connectivity index (χ2n) is 2.87. The van der Waals surface area contributed by atoms with Crippen LogP contribution in [-0.4, -0.2) is 13.1 Å². The van der Waals surface area contributed by atoms with Crippen LogP contribution in [0.2, 0.25) is 0 Å². The van der Waals surface area contributed by atoms with E-state index < -0.39 is 5.97 Å². The molecule has 0 aromatic heterocycles. The number of allylic oxidation sites excluding steroid dienone is 1. The number of methoxy groups -OCH3 is 1. The summed E-state index contributed by atoms with van der Waals surface area (Å²) in [5.74, 6) is -0.403. The minimum Gasteiger partial charge on any atom is -0.465 e. The van der Waals surface area contributed by atoms with Crippen LogP contribution in [0.1, 0.15) is 15.9 Å². The Balaban J connectivity index is 3.21. The van der Waals surface area contributed by atoms with Crippen LogP contribution in [0.4, 0.5) is 5.69 Å². The number of esters is 1. The molecule has 1 rings (SSSR count). The average Bonchev–Trinajstić information content (AvgIpc) is 2.18. The van der Waals surface area contributed by atoms with E-state index in [1.165, 1.54) is 7.11 Å². The Hall–Kier alpha value is -1.77. The molecule has 0 radical (unpaired) electrons. The van der Waals surface area contributed by atoms with Gasteiger partial charge in [0.25, 0.3) is 0 Å². The molecule has 0 amide bonds. The van der Waals surface area contributed by atoms with Crippen molar-refractivity contribution < 1.29 is 9.53 Å². The minimum atomic E-state index is -0.403. The Morgan fingerprint density at radius 3 is 2.93 bits per heavy atom. The van der Waals surface area contributed by atoms with Crippen LogP contribution in [0, 0.1) is 0 Å². The van der Waals surface area contributed by atoms with Gasteiger partial charge in [-0.05, 0) is 18.1 Å². The third-order valence-corrected chi connectivity index (χ3v) is 1.94. The van der Waals surface area contributed by atoms with Crippen LogP contribution in [0.25, 0.3) is 0 Å². The fourth-order valence-corrected chi connectivity index (χ4v) is 1.30. The molecule has 1 aromatic rings. The summed E-state index contributed by atoms with van der Waals surface area (Å²) in [4.78, 5) is 11.4. The van der Waals surface area contributed by atoms with Gasteiger partial charge in [-0.15, -0.1) is 6.58 Å². The number of anilines is 1. The van der Waals surface area contributed by atoms with Gasteiger partial charge in [0.1, 0.15) is 0 Å². The van der Waals surface area contributed by atoms with Gasteiger partial charge in [-0.3, -0.25) is 0 Å². The molecule has 0 spiro atoms. The van der Waals surface area contributed by atoms with Crippen molar-refractivity contribution in [2.75, 3.05) is 12.8 Å². The topological polar surface area (TPSA) is 52.3 Å². The zero-order chi connectivity index (χ0) is 10.6. The highest BCUT2D eigenvalue weighted by Gasteiger charge is 2.13. The molecule has 3 nitrogen and oxygen atoms in total. The van der Waals surface area contributed by atoms with Crippen molar-refractivity contribution in [1.29, 1.82) is 0 Å². The zero-order valence-electron chi connectivity index (χ0n) is 8.12. The molecule has 0 aliphatic heterocycles. The van der Waals surface area contributed by atoms with Crippen LogP contribution < -0.4 is 5.73 Å². The molecule has 0 bridgehead atoms. The summed E-state index contributed by atoms with van der Waals surface area (Å²) >= 11 is 0. The number of ether oxygens (including phenoxy) is 1. The maximum absolute atomic E-state index is 11.4. The van der Waals surface area contributed by atoms with Crippen molar-refractivity contribution >= 4 is 11.7 Å². The maximum atomic E-state index is 11.4. The second kappa shape index (κ2) is 4.46. The van der Waals surface area contributed by atoms with Gasteiger partial charge in [0.2, 0.25) is 0 Å². The number of carbonyl (C=O) groups excluding carboxylic acids is 1. The van der Waals surface area contributed by atoms with Crippen LogP contribution in [-0.2, 0) is 11.2 Å². The summed E-state index contributed by atoms with van der Waals surface area (Å²) in [6.07, 6.45) is 2.33. The molecule has 0 saturated carbocycles. The molecule has 0 unspecified atom stereocenters. The fraction of sp³-hybridized carbons (Fsp3) is 0.182. The molecule has 0 aliphatic carbocycles. The second-order valence-corrected chi connectivity index (χ2v) is 2.87. The van der Waals surface area contributed by atoms with E-state index in [9.17, 15) is 4.79 Å². The maximum Gasteiger partial charge on any atom is 0.340 e. The van der Waals surface area contributed by atoms with Gasteiger partial charge in [-0.2, -0.15) is 0 Å². The molecule has 1 aromatic carbocycles. The van der Waals surface area contributed by atoms with Gasteiger partial charge < -0.3 is 10.5 Å². The lowest BCUT2D eigenvalue weighted by molar-refractivity contribution is 0.0601. The van der Waals surface area contributed by atoms with Crippen LogP contribution in [0.3, 0.4) is 0 Å². The molecule has 0 aliphatic rings. The van der Waals surface area contributed by atoms with Gasteiger partial charge in [-0.1, -0.05) is 18.2 Å². The quantitative estimate of drug-likeness (QED) is 0.450. The Morgan fingerprint density at radius 2 is 2.36 bits per heavy atom. The first-order chi connectivity index (χ1) is 6.70. The normalized spacial score (nSPS) is 9.50. The van der Waals surface area contributed by atoms with Crippen molar-refractivity contribution in [3.8, 4) is 0 Å². The number of hydrogen-bond acceptors (Lipinski definition) is 3. The van der Waals surface area contributed by atoms with Gasteiger partial charge in [0.05, 0.1) is 12.7 Å². The lowest BCUT2D eigenvalue weighted by Gasteiger charge is -2.08. The van der Waals surface area contributed by atoms with Crippen LogP contribution in [0.5, 0.6) is 0 Å². The Bertz CT molecular complexity index is 358. The van der Waals surface area contributed by atoms with Crippen molar-refractivity contribution in [2.24, 2.45) is 0 Å². The largest absolute Gasteiger partial charge is 0.465 e. The van der Waals surface area contributed by atoms with Gasteiger partial charge >= 0.3 is 5.97 Å². The predicted octanol–water partition coefficient (Wildman–Crippen LogP) is 1.78. The Labute approximate surface area is 83.2 Å². The van der Waals surface area contributed by atoms with E-state index in [1.54, 1.807) is 18.2 Å². The molecule has 0 atom stereocenters. The third-order valence-electron chi connectivity index (χ3n) is 1.94. The first kappa shape index (κ1) is 10.3. The van der Waals surface area contributed by atoms with Gasteiger partial charge in [-0.25, -0.2) is 4.79 Å². The number of nitrogen functional groups attached to an aromatic ring is 1. The molecule has 2 N–H and O–H groups in total. The van der Waals surface area contributed by atoms with E-state index in [0.29, 0.717) is 17.7 Å². The fourth-order valence-electron chi connectivity index (χ4n) is 1.30. The minimum absolute atomic E-state index is 0.403. The van der Waals surface area contributed by atoms with Crippen LogP contribution in [0.15, 0.2) is 30.9 Å². The number of carbonyl (C=O) groups is 1. The highest BCUT2D eigenvalue weighted by molar-refractivity contribution is 5.96. The Kier molecular flexibility index (Phi) is 3.29. The standard InChI is InChI=1S/C11H13NO2/c1-3-5-8-6-4-7-9(12)10(8)11(13)14-2/h3-4,6-7H,1,5,12H2,2H3. The van der Waals surface area contributed by atoms with Gasteiger partial charge in [0.15, 0.2) is 0 Å². The number of nitrogens with two attached hydrogens (primary N) is 1. The average molecular weight is 191 g/mol. The predicted molar refractivity (Wildman–Crippen MR) is 56.1 cm³/mol. The molecule has 0 fully saturated rings. The summed E-state index contributed by atoms with van der Waals surface area (Å²) in [6.45, 7) is 3.62. The van der Waals surface area contributed by atoms with E-state index in [0.717, 1.165) is 5.56 Å². The van der Waals surface area contributed by atoms with E-state index in [4.69, 9.17) is 5.73 Å². The molecule has 74 valence electrons. The smallest absolute Gasteiger partial charge is 0.340 e. The Morgan fingerprint density at radius 1 is 1.64 bits per heavy atom. The van der Waals surface area contributed by atoms with E-state index in [2.05, 4.69) is 11.3 Å². The molecular weight excluding hydrogens is 178 g/mol. The summed E-state index contributed by atoms with van der Waals surface area (Å²) in [5, 5.41) is 0. The third kappa shape index (κ3) is 1.93. The van der Waals surface area contributed by atoms with E-state index in [1.807, 2.05) is 6.07 Å². The summed E-state index contributed by atoms with van der Waals surface area (Å²) in [7, 11) is 1.34. The first-order valence-corrected chi connectivity index (χ1v) is 4.27. The highest BCUT2D eigenvalue weighted by Crippen LogP contribution is 2.18. The lowest BCUT2D eigenvalue weighted by atomic mass is 10.0. The molecule has 14 heavy (non-hydrogen) atoms. The van der Waals surface area contributed by atoms with E-state index >= 15 is 0 Å². The molecule has 0 heterocycles. The summed E-state index contributed by atoms with van der Waals surface area (Å²) < 4.78 is 4.65. The number of rotatable bonds is 3. The molecular formula is C11H13NO2. The summed E-state index contributed by atoms with van der Waals surface area (Å²) in [6, 6.07) is 5.32. The SMILES string of the molecule is C=CCc1cccc(N)c1C(=O)OC. The monoisotopic (exact) mass is 191 g/mol. The summed E-state index contributed by atoms with van der Waals surface area (Å²) in [5.41, 5.74) is 7.41. The first-order valence-electron chi connectivity index (χ1n) is 4.27.